The fraction of sp³-hybridized carbons (Fsp3) is 0.368. The number of nitrogens with two attached hydrogens (primary N) is 1. The average Bonchev–Trinajstić information content (AvgIpc) is 2.56. The normalized spacial score (nSPS) is 15.2. The lowest BCUT2D eigenvalue weighted by Gasteiger charge is -2.22. The first-order valence-electron chi connectivity index (χ1n) is 8.33. The summed E-state index contributed by atoms with van der Waals surface area (Å²) in [5, 5.41) is 3.30. The molecule has 3 rings (SSSR count). The molecule has 1 aliphatic rings. The van der Waals surface area contributed by atoms with E-state index in [0.29, 0.717) is 11.5 Å². The van der Waals surface area contributed by atoms with Gasteiger partial charge in [-0.05, 0) is 61.9 Å². The van der Waals surface area contributed by atoms with Gasteiger partial charge in [-0.15, -0.1) is 0 Å². The highest BCUT2D eigenvalue weighted by atomic mass is 16.5. The van der Waals surface area contributed by atoms with Crippen LogP contribution in [0.3, 0.4) is 0 Å². The van der Waals surface area contributed by atoms with Crippen molar-refractivity contribution in [3.63, 3.8) is 0 Å². The highest BCUT2D eigenvalue weighted by molar-refractivity contribution is 5.94. The molecule has 1 aliphatic heterocycles. The molecule has 2 heterocycles. The predicted molar refractivity (Wildman–Crippen MR) is 94.5 cm³/mol. The molecule has 5 heteroatoms. The molecule has 1 aromatic carbocycles. The van der Waals surface area contributed by atoms with E-state index < -0.39 is 5.91 Å². The van der Waals surface area contributed by atoms with E-state index in [1.54, 1.807) is 12.1 Å². The van der Waals surface area contributed by atoms with Crippen molar-refractivity contribution >= 4 is 17.4 Å². The summed E-state index contributed by atoms with van der Waals surface area (Å²) < 4.78 is 5.40. The SMILES string of the molecule is Cc1cccc(Nc2ccc(C(N)=O)c(CC3CCOCC3)n2)c1. The molecule has 0 bridgehead atoms. The molecule has 0 saturated carbocycles. The van der Waals surface area contributed by atoms with Crippen LogP contribution in [0.1, 0.15) is 34.5 Å². The number of carbonyl (C=O) groups excluding carboxylic acids is 1. The van der Waals surface area contributed by atoms with Crippen LogP contribution in [0, 0.1) is 12.8 Å². The number of anilines is 2. The highest BCUT2D eigenvalue weighted by Gasteiger charge is 2.19. The van der Waals surface area contributed by atoms with E-state index in [4.69, 9.17) is 10.5 Å². The zero-order chi connectivity index (χ0) is 16.9. The third-order valence-corrected chi connectivity index (χ3v) is 4.35. The molecule has 24 heavy (non-hydrogen) atoms. The number of aryl methyl sites for hydroxylation is 1. The first kappa shape index (κ1) is 16.5. The van der Waals surface area contributed by atoms with Crippen LogP contribution in [0.4, 0.5) is 11.5 Å². The lowest BCUT2D eigenvalue weighted by molar-refractivity contribution is 0.0662. The molecule has 0 radical (unpaired) electrons. The van der Waals surface area contributed by atoms with Crippen molar-refractivity contribution < 1.29 is 9.53 Å². The number of aromatic nitrogens is 1. The van der Waals surface area contributed by atoms with Gasteiger partial charge in [-0.3, -0.25) is 4.79 Å². The maximum absolute atomic E-state index is 11.7. The van der Waals surface area contributed by atoms with E-state index >= 15 is 0 Å². The van der Waals surface area contributed by atoms with E-state index in [0.717, 1.165) is 49.7 Å². The minimum Gasteiger partial charge on any atom is -0.381 e. The van der Waals surface area contributed by atoms with E-state index in [1.165, 1.54) is 5.56 Å². The Morgan fingerprint density at radius 3 is 2.79 bits per heavy atom. The van der Waals surface area contributed by atoms with Gasteiger partial charge in [0.05, 0.1) is 11.3 Å². The van der Waals surface area contributed by atoms with Gasteiger partial charge in [0.15, 0.2) is 0 Å². The van der Waals surface area contributed by atoms with E-state index in [1.807, 2.05) is 25.1 Å². The van der Waals surface area contributed by atoms with Gasteiger partial charge in [0.2, 0.25) is 0 Å². The lowest BCUT2D eigenvalue weighted by Crippen LogP contribution is -2.21. The van der Waals surface area contributed by atoms with Crippen molar-refractivity contribution in [3.05, 3.63) is 53.2 Å². The first-order valence-corrected chi connectivity index (χ1v) is 8.33. The van der Waals surface area contributed by atoms with Gasteiger partial charge < -0.3 is 15.8 Å². The second-order valence-corrected chi connectivity index (χ2v) is 6.31. The predicted octanol–water partition coefficient (Wildman–Crippen LogP) is 3.20. The summed E-state index contributed by atoms with van der Waals surface area (Å²) in [6.07, 6.45) is 2.75. The Balaban J connectivity index is 1.83. The number of benzene rings is 1. The second-order valence-electron chi connectivity index (χ2n) is 6.31. The maximum atomic E-state index is 11.7. The molecule has 1 aromatic heterocycles. The summed E-state index contributed by atoms with van der Waals surface area (Å²) in [6, 6.07) is 11.7. The topological polar surface area (TPSA) is 77.2 Å². The van der Waals surface area contributed by atoms with Crippen LogP contribution in [-0.2, 0) is 11.2 Å². The van der Waals surface area contributed by atoms with Crippen LogP contribution in [-0.4, -0.2) is 24.1 Å². The molecule has 5 nitrogen and oxygen atoms in total. The minimum atomic E-state index is -0.424. The van der Waals surface area contributed by atoms with Gasteiger partial charge in [-0.1, -0.05) is 12.1 Å². The Kier molecular flexibility index (Phi) is 5.11. The number of carbonyl (C=O) groups is 1. The van der Waals surface area contributed by atoms with Crippen LogP contribution in [0.5, 0.6) is 0 Å². The molecule has 0 unspecified atom stereocenters. The fourth-order valence-corrected chi connectivity index (χ4v) is 3.05. The number of primary amides is 1. The maximum Gasteiger partial charge on any atom is 0.250 e. The van der Waals surface area contributed by atoms with Gasteiger partial charge in [0.25, 0.3) is 5.91 Å². The number of rotatable bonds is 5. The van der Waals surface area contributed by atoms with Crippen molar-refractivity contribution in [1.82, 2.24) is 4.98 Å². The zero-order valence-corrected chi connectivity index (χ0v) is 13.9. The quantitative estimate of drug-likeness (QED) is 0.885. The molecule has 1 fully saturated rings. The number of nitrogens with zero attached hydrogens (tertiary/aromatic N) is 1. The summed E-state index contributed by atoms with van der Waals surface area (Å²) in [5.41, 5.74) is 8.95. The number of hydrogen-bond acceptors (Lipinski definition) is 4. The van der Waals surface area contributed by atoms with Crippen molar-refractivity contribution in [2.45, 2.75) is 26.2 Å². The van der Waals surface area contributed by atoms with Crippen molar-refractivity contribution in [3.8, 4) is 0 Å². The Hall–Kier alpha value is -2.40. The molecule has 126 valence electrons. The summed E-state index contributed by atoms with van der Waals surface area (Å²) in [6.45, 7) is 3.60. The number of amides is 1. The van der Waals surface area contributed by atoms with Gasteiger partial charge in [-0.2, -0.15) is 0 Å². The van der Waals surface area contributed by atoms with Crippen molar-refractivity contribution in [2.24, 2.45) is 11.7 Å². The Morgan fingerprint density at radius 1 is 1.29 bits per heavy atom. The van der Waals surface area contributed by atoms with Crippen LogP contribution in [0.2, 0.25) is 0 Å². The number of nitrogens with one attached hydrogen (secondary N) is 1. The van der Waals surface area contributed by atoms with Gasteiger partial charge in [0.1, 0.15) is 5.82 Å². The van der Waals surface area contributed by atoms with E-state index in [2.05, 4.69) is 16.4 Å². The van der Waals surface area contributed by atoms with Crippen LogP contribution in [0.25, 0.3) is 0 Å². The molecule has 1 amide bonds. The van der Waals surface area contributed by atoms with Crippen molar-refractivity contribution in [2.75, 3.05) is 18.5 Å². The van der Waals surface area contributed by atoms with Gasteiger partial charge in [0, 0.05) is 18.9 Å². The third kappa shape index (κ3) is 4.11. The molecule has 0 spiro atoms. The third-order valence-electron chi connectivity index (χ3n) is 4.35. The molecule has 3 N–H and O–H groups in total. The van der Waals surface area contributed by atoms with Crippen LogP contribution < -0.4 is 11.1 Å². The first-order chi connectivity index (χ1) is 11.6. The molecular formula is C19H23N3O2. The summed E-state index contributed by atoms with van der Waals surface area (Å²) in [4.78, 5) is 16.4. The Bertz CT molecular complexity index is 724. The molecule has 1 saturated heterocycles. The standard InChI is InChI=1S/C19H23N3O2/c1-13-3-2-4-15(11-13)21-18-6-5-16(19(20)23)17(22-18)12-14-7-9-24-10-8-14/h2-6,11,14H,7-10,12H2,1H3,(H2,20,23)(H,21,22). The van der Waals surface area contributed by atoms with E-state index in [9.17, 15) is 4.79 Å². The van der Waals surface area contributed by atoms with E-state index in [-0.39, 0.29) is 0 Å². The average molecular weight is 325 g/mol. The minimum absolute atomic E-state index is 0.424. The van der Waals surface area contributed by atoms with Gasteiger partial charge >= 0.3 is 0 Å². The summed E-state index contributed by atoms with van der Waals surface area (Å²) >= 11 is 0. The lowest BCUT2D eigenvalue weighted by atomic mass is 9.93. The monoisotopic (exact) mass is 325 g/mol. The molecule has 0 atom stereocenters. The summed E-state index contributed by atoms with van der Waals surface area (Å²) in [5.74, 6) is 0.790. The highest BCUT2D eigenvalue weighted by Crippen LogP contribution is 2.23. The number of ether oxygens (including phenoxy) is 1. The zero-order valence-electron chi connectivity index (χ0n) is 13.9. The largest absolute Gasteiger partial charge is 0.381 e. The molecule has 0 aliphatic carbocycles. The number of hydrogen-bond donors (Lipinski definition) is 2. The summed E-state index contributed by atoms with van der Waals surface area (Å²) in [7, 11) is 0. The number of pyridine rings is 1. The van der Waals surface area contributed by atoms with Crippen LogP contribution >= 0.6 is 0 Å². The molecular weight excluding hydrogens is 302 g/mol. The Morgan fingerprint density at radius 2 is 2.08 bits per heavy atom. The second kappa shape index (κ2) is 7.45. The molecule has 2 aromatic rings. The van der Waals surface area contributed by atoms with Gasteiger partial charge in [-0.25, -0.2) is 4.98 Å². The Labute approximate surface area is 142 Å². The van der Waals surface area contributed by atoms with Crippen LogP contribution in [0.15, 0.2) is 36.4 Å². The fourth-order valence-electron chi connectivity index (χ4n) is 3.05. The smallest absolute Gasteiger partial charge is 0.250 e. The van der Waals surface area contributed by atoms with Crippen molar-refractivity contribution in [1.29, 1.82) is 0 Å².